The van der Waals surface area contributed by atoms with Gasteiger partial charge in [-0.15, -0.1) is 0 Å². The largest absolute Gasteiger partial charge is 0.494 e. The highest BCUT2D eigenvalue weighted by molar-refractivity contribution is 6.14. The van der Waals surface area contributed by atoms with E-state index in [4.69, 9.17) is 31.0 Å². The van der Waals surface area contributed by atoms with Crippen LogP contribution in [0.2, 0.25) is 0 Å². The van der Waals surface area contributed by atoms with Crippen LogP contribution in [0.4, 0.5) is 16.7 Å². The number of nitrogens with one attached hydrogen (secondary N) is 7. The molecule has 470 valence electrons. The summed E-state index contributed by atoms with van der Waals surface area (Å²) >= 11 is 0. The Morgan fingerprint density at radius 3 is 1.67 bits per heavy atom. The Labute approximate surface area is 505 Å². The number of aromatic nitrogens is 8. The van der Waals surface area contributed by atoms with Gasteiger partial charge in [-0.1, -0.05) is 12.2 Å². The molecule has 6 aromatic rings. The Hall–Kier alpha value is -11.3. The molecule has 0 spiro atoms. The predicted octanol–water partition coefficient (Wildman–Crippen LogP) is 0.282. The molecule has 33 nitrogen and oxygen atoms in total. The summed E-state index contributed by atoms with van der Waals surface area (Å²) in [6.45, 7) is 9.71. The zero-order valence-electron chi connectivity index (χ0n) is 49.4. The molecule has 7 rings (SSSR count). The average Bonchev–Trinajstić information content (AvgIpc) is 1.70. The first-order valence-electron chi connectivity index (χ1n) is 27.8. The lowest BCUT2D eigenvalue weighted by Crippen LogP contribution is -2.56. The average molecular weight is 1230 g/mol. The Balaban J connectivity index is 1.04. The summed E-state index contributed by atoms with van der Waals surface area (Å²) in [7, 11) is 1.41. The van der Waals surface area contributed by atoms with Crippen LogP contribution >= 0.6 is 0 Å². The number of imidazole rings is 2. The number of carbonyl (C=O) groups excluding carboxylic acids is 11. The topological polar surface area (TPSA) is 454 Å². The molecule has 2 aromatic carbocycles. The van der Waals surface area contributed by atoms with Crippen LogP contribution in [0.15, 0.2) is 60.7 Å². The van der Waals surface area contributed by atoms with Crippen molar-refractivity contribution in [2.24, 2.45) is 11.5 Å². The number of urea groups is 1. The Morgan fingerprint density at radius 2 is 1.18 bits per heavy atom. The van der Waals surface area contributed by atoms with Gasteiger partial charge >= 0.3 is 12.0 Å². The summed E-state index contributed by atoms with van der Waals surface area (Å²) in [5.41, 5.74) is 14.5. The molecule has 0 saturated heterocycles. The van der Waals surface area contributed by atoms with E-state index in [2.05, 4.69) is 47.1 Å². The van der Waals surface area contributed by atoms with Crippen LogP contribution in [-0.4, -0.2) is 165 Å². The van der Waals surface area contributed by atoms with E-state index in [1.54, 1.807) is 51.9 Å². The van der Waals surface area contributed by atoms with E-state index < -0.39 is 109 Å². The van der Waals surface area contributed by atoms with Crippen molar-refractivity contribution in [1.29, 1.82) is 0 Å². The van der Waals surface area contributed by atoms with Gasteiger partial charge in [-0.05, 0) is 90.8 Å². The van der Waals surface area contributed by atoms with Crippen molar-refractivity contribution in [3.05, 3.63) is 94.6 Å². The molecule has 5 heterocycles. The molecule has 33 heteroatoms. The number of hydrogen-bond donors (Lipinski definition) is 10. The van der Waals surface area contributed by atoms with Crippen molar-refractivity contribution < 1.29 is 72.1 Å². The minimum atomic E-state index is -1.61. The minimum absolute atomic E-state index is 0.00484. The fourth-order valence-electron chi connectivity index (χ4n) is 9.21. The van der Waals surface area contributed by atoms with Crippen LogP contribution in [-0.2, 0) is 59.7 Å². The zero-order chi connectivity index (χ0) is 65.0. The first-order valence-corrected chi connectivity index (χ1v) is 27.8. The number of ether oxygens (including phenoxy) is 2. The number of aliphatic carboxylic acids is 1. The Kier molecular flexibility index (Phi) is 21.1. The highest BCUT2D eigenvalue weighted by Crippen LogP contribution is 2.33. The van der Waals surface area contributed by atoms with Gasteiger partial charge in [-0.25, -0.2) is 14.8 Å². The number of carboxylic acids is 1. The van der Waals surface area contributed by atoms with Crippen LogP contribution in [0.25, 0.3) is 22.1 Å². The number of carbonyl (C=O) groups is 12. The van der Waals surface area contributed by atoms with E-state index in [9.17, 15) is 57.5 Å². The van der Waals surface area contributed by atoms with Gasteiger partial charge in [0.2, 0.25) is 41.4 Å². The maximum absolute atomic E-state index is 14.0. The molecule has 0 saturated carbocycles. The molecular formula is C56H66N18O15. The first kappa shape index (κ1) is 65.3. The van der Waals surface area contributed by atoms with Gasteiger partial charge in [0.25, 0.3) is 29.5 Å². The van der Waals surface area contributed by atoms with Gasteiger partial charge in [0, 0.05) is 62.4 Å². The van der Waals surface area contributed by atoms with Gasteiger partial charge in [-0.3, -0.25) is 83.0 Å². The normalized spacial score (nSPS) is 13.0. The van der Waals surface area contributed by atoms with E-state index in [-0.39, 0.29) is 89.6 Å². The monoisotopic (exact) mass is 1230 g/mol. The summed E-state index contributed by atoms with van der Waals surface area (Å²) < 4.78 is 18.3. The standard InChI is InChI=1S/C56H66N18O15/c1-8-73-37(21-28(3)68-73)52(85)65-54-63-35-23-32(47(57)80)25-39(88-7)45(35)70(54)18-10-11-19-71-46-36(64-55(71)66-53(86)38-22-29(4)69-74(38)9-2)24-33(48(58)81)26-40(46)89-20-12-17-59-49(82)30(5)60-50(83)31(6)61-56(87)67-51(84)34(13-16-44(78)79)62-41(75)27-72-42(76)14-15-43(72)77/h10-11,14-15,21-26,30-31,34H,8-9,12-13,16-20,27H2,1-7H3,(H2,57,80)(H2,58,81)(H,59,82)(H,60,83)(H,62,75)(H,78,79)(H,63,65,85)(H,64,66,86)(H2,61,67,84,87)/b11-10+/t30-,31-,34-/m0/s1. The number of fused-ring (bicyclic) bond motifs is 2. The second kappa shape index (κ2) is 28.7. The molecule has 0 aliphatic carbocycles. The number of hydrogen-bond acceptors (Lipinski definition) is 18. The highest BCUT2D eigenvalue weighted by atomic mass is 16.5. The van der Waals surface area contributed by atoms with Gasteiger partial charge in [0.15, 0.2) is 0 Å². The highest BCUT2D eigenvalue weighted by Gasteiger charge is 2.31. The molecule has 0 fully saturated rings. The smallest absolute Gasteiger partial charge is 0.322 e. The lowest BCUT2D eigenvalue weighted by molar-refractivity contribution is -0.141. The van der Waals surface area contributed by atoms with Gasteiger partial charge < -0.3 is 56.4 Å². The van der Waals surface area contributed by atoms with Crippen molar-refractivity contribution >= 4 is 105 Å². The third-order valence-electron chi connectivity index (χ3n) is 13.6. The summed E-state index contributed by atoms with van der Waals surface area (Å²) in [4.78, 5) is 162. The quantitative estimate of drug-likeness (QED) is 0.0171. The summed E-state index contributed by atoms with van der Waals surface area (Å²) in [5.74, 6) is -8.73. The number of rotatable bonds is 29. The third-order valence-corrected chi connectivity index (χ3v) is 13.6. The molecule has 12 amide bonds. The lowest BCUT2D eigenvalue weighted by atomic mass is 10.1. The van der Waals surface area contributed by atoms with E-state index in [1.807, 2.05) is 19.2 Å². The number of primary amides is 2. The molecule has 1 aliphatic rings. The van der Waals surface area contributed by atoms with Crippen molar-refractivity contribution in [2.45, 2.75) is 105 Å². The van der Waals surface area contributed by atoms with Gasteiger partial charge in [-0.2, -0.15) is 10.2 Å². The fourth-order valence-corrected chi connectivity index (χ4v) is 9.21. The number of methoxy groups -OCH3 is 1. The van der Waals surface area contributed by atoms with E-state index in [0.717, 1.165) is 12.2 Å². The van der Waals surface area contributed by atoms with Crippen molar-refractivity contribution in [3.63, 3.8) is 0 Å². The van der Waals surface area contributed by atoms with Crippen molar-refractivity contribution in [2.75, 3.05) is 37.4 Å². The maximum Gasteiger partial charge on any atom is 0.322 e. The number of allylic oxidation sites excluding steroid dienone is 2. The lowest BCUT2D eigenvalue weighted by Gasteiger charge is -2.21. The Bertz CT molecular complexity index is 3870. The number of benzene rings is 2. The third kappa shape index (κ3) is 16.0. The minimum Gasteiger partial charge on any atom is -0.494 e. The maximum atomic E-state index is 14.0. The molecule has 1 aliphatic heterocycles. The number of carboxylic acid groups (broad SMARTS) is 1. The molecule has 4 aromatic heterocycles. The van der Waals surface area contributed by atoms with Crippen LogP contribution < -0.4 is 58.2 Å². The molecule has 0 bridgehead atoms. The van der Waals surface area contributed by atoms with E-state index in [1.165, 1.54) is 49.9 Å². The van der Waals surface area contributed by atoms with Crippen LogP contribution in [0, 0.1) is 13.8 Å². The SMILES string of the molecule is CCn1nc(C)cc1C(=O)Nc1nc2cc(C(N)=O)cc(OC)c2n1C/C=C/Cn1c(NC(=O)c2cc(C)nn2CC)nc2cc(C(N)=O)cc(OCCCNC(=O)[C@H](C)NC(=O)[C@H](C)NC(=O)NC(=O)[C@H](CCC(=O)O)NC(=O)CN3C(=O)C=CC3=O)c21. The predicted molar refractivity (Wildman–Crippen MR) is 315 cm³/mol. The van der Waals surface area contributed by atoms with Crippen LogP contribution in [0.1, 0.15) is 100 Å². The number of nitrogens with zero attached hydrogens (tertiary/aromatic N) is 9. The van der Waals surface area contributed by atoms with E-state index in [0.29, 0.717) is 40.4 Å². The first-order chi connectivity index (χ1) is 42.3. The second-order valence-electron chi connectivity index (χ2n) is 20.1. The number of imide groups is 2. The zero-order valence-corrected chi connectivity index (χ0v) is 49.4. The molecule has 0 radical (unpaired) electrons. The molecule has 12 N–H and O–H groups in total. The summed E-state index contributed by atoms with van der Waals surface area (Å²) in [5, 5.41) is 35.1. The van der Waals surface area contributed by atoms with Crippen molar-refractivity contribution in [1.82, 2.24) is 70.1 Å². The number of amides is 12. The number of aryl methyl sites for hydroxylation is 4. The van der Waals surface area contributed by atoms with Crippen LogP contribution in [0.5, 0.6) is 11.5 Å². The van der Waals surface area contributed by atoms with Crippen molar-refractivity contribution in [3.8, 4) is 11.5 Å². The summed E-state index contributed by atoms with van der Waals surface area (Å²) in [6, 6.07) is 3.66. The van der Waals surface area contributed by atoms with E-state index >= 15 is 0 Å². The number of anilines is 2. The molecule has 3 atom stereocenters. The Morgan fingerprint density at radius 1 is 0.674 bits per heavy atom. The van der Waals surface area contributed by atoms with Gasteiger partial charge in [0.05, 0.1) is 36.1 Å². The molecular weight excluding hydrogens is 1160 g/mol. The number of nitrogens with two attached hydrogens (primary N) is 2. The second-order valence-corrected chi connectivity index (χ2v) is 20.1. The van der Waals surface area contributed by atoms with Gasteiger partial charge in [0.1, 0.15) is 58.6 Å². The van der Waals surface area contributed by atoms with Crippen LogP contribution in [0.3, 0.4) is 0 Å². The molecule has 0 unspecified atom stereocenters. The molecule has 89 heavy (non-hydrogen) atoms. The summed E-state index contributed by atoms with van der Waals surface area (Å²) in [6.07, 6.45) is 4.40. The fraction of sp³-hybridized carbons (Fsp3) is 0.357.